The van der Waals surface area contributed by atoms with Crippen LogP contribution in [0.3, 0.4) is 0 Å². The van der Waals surface area contributed by atoms with E-state index in [1.807, 2.05) is 31.5 Å². The van der Waals surface area contributed by atoms with Crippen molar-refractivity contribution in [1.29, 1.82) is 0 Å². The van der Waals surface area contributed by atoms with E-state index in [1.165, 1.54) is 0 Å². The van der Waals surface area contributed by atoms with Crippen LogP contribution in [0.25, 0.3) is 32.6 Å². The SMILES string of the molecule is Cc1c2cc[n+]([C@H]3O[C@@H](CO)[C@H](O)[C@H]3O)cc2c(C)c2c1[nH]c1ccc(O)cc12. The van der Waals surface area contributed by atoms with Crippen LogP contribution in [0.4, 0.5) is 0 Å². The molecular weight excluding hydrogens is 372 g/mol. The number of aliphatic hydroxyl groups is 3. The Hall–Kier alpha value is -2.71. The molecule has 0 spiro atoms. The number of aromatic hydroxyl groups is 1. The van der Waals surface area contributed by atoms with E-state index in [4.69, 9.17) is 4.74 Å². The number of benzene rings is 2. The molecule has 0 bridgehead atoms. The van der Waals surface area contributed by atoms with Gasteiger partial charge in [-0.1, -0.05) is 0 Å². The van der Waals surface area contributed by atoms with Gasteiger partial charge in [0.1, 0.15) is 18.0 Å². The highest BCUT2D eigenvalue weighted by molar-refractivity contribution is 6.16. The van der Waals surface area contributed by atoms with Gasteiger partial charge in [-0.2, -0.15) is 4.57 Å². The minimum atomic E-state index is -1.14. The molecule has 3 heterocycles. The standard InChI is InChI=1S/C22H22N2O5/c1-10-15-8-24(22-21(28)20(27)17(9-25)29-22)6-5-13(15)11(2)19-18(10)14-7-12(26)3-4-16(14)23-19/h3-8,17,20-22,25-28H,9H2,1-2H3/p+1/t17-,20-,21+,22-/m0/s1. The zero-order valence-corrected chi connectivity index (χ0v) is 16.1. The summed E-state index contributed by atoms with van der Waals surface area (Å²) in [6, 6.07) is 7.26. The van der Waals surface area contributed by atoms with E-state index >= 15 is 0 Å². The van der Waals surface area contributed by atoms with Crippen molar-refractivity contribution in [1.82, 2.24) is 4.98 Å². The summed E-state index contributed by atoms with van der Waals surface area (Å²) >= 11 is 0. The quantitative estimate of drug-likeness (QED) is 0.332. The fourth-order valence-corrected chi connectivity index (χ4v) is 4.54. The lowest BCUT2D eigenvalue weighted by atomic mass is 9.97. The summed E-state index contributed by atoms with van der Waals surface area (Å²) < 4.78 is 7.40. The summed E-state index contributed by atoms with van der Waals surface area (Å²) in [6.45, 7) is 3.72. The molecule has 7 heteroatoms. The number of nitrogens with zero attached hydrogens (tertiary/aromatic N) is 1. The van der Waals surface area contributed by atoms with Crippen molar-refractivity contribution in [2.45, 2.75) is 38.4 Å². The maximum atomic E-state index is 10.4. The predicted octanol–water partition coefficient (Wildman–Crippen LogP) is 1.70. The van der Waals surface area contributed by atoms with Crippen molar-refractivity contribution in [2.75, 3.05) is 6.61 Å². The molecule has 4 aromatic rings. The average molecular weight is 395 g/mol. The molecule has 0 amide bonds. The first kappa shape index (κ1) is 18.3. The van der Waals surface area contributed by atoms with Crippen LogP contribution in [0, 0.1) is 13.8 Å². The first-order valence-electron chi connectivity index (χ1n) is 9.61. The van der Waals surface area contributed by atoms with Crippen LogP contribution in [0.15, 0.2) is 36.7 Å². The first-order valence-corrected chi connectivity index (χ1v) is 9.61. The van der Waals surface area contributed by atoms with Gasteiger partial charge in [0, 0.05) is 27.7 Å². The molecule has 2 aromatic heterocycles. The number of hydrogen-bond donors (Lipinski definition) is 5. The summed E-state index contributed by atoms with van der Waals surface area (Å²) in [4.78, 5) is 3.46. The van der Waals surface area contributed by atoms with Crippen molar-refractivity contribution in [2.24, 2.45) is 0 Å². The number of H-pyrrole nitrogens is 1. The monoisotopic (exact) mass is 395 g/mol. The van der Waals surface area contributed by atoms with E-state index in [-0.39, 0.29) is 12.4 Å². The Balaban J connectivity index is 1.75. The summed E-state index contributed by atoms with van der Waals surface area (Å²) in [6.07, 6.45) is -0.164. The number of rotatable bonds is 2. The number of phenols is 1. The number of aromatic amines is 1. The molecule has 0 unspecified atom stereocenters. The van der Waals surface area contributed by atoms with Crippen LogP contribution in [0.2, 0.25) is 0 Å². The molecule has 0 saturated carbocycles. The smallest absolute Gasteiger partial charge is 0.292 e. The highest BCUT2D eigenvalue weighted by Crippen LogP contribution is 2.37. The van der Waals surface area contributed by atoms with Crippen molar-refractivity contribution >= 4 is 32.6 Å². The van der Waals surface area contributed by atoms with Crippen LogP contribution in [-0.4, -0.2) is 50.3 Å². The van der Waals surface area contributed by atoms with Crippen LogP contribution in [0.5, 0.6) is 5.75 Å². The number of ether oxygens (including phenoxy) is 1. The van der Waals surface area contributed by atoms with Gasteiger partial charge < -0.3 is 30.1 Å². The molecule has 5 rings (SSSR count). The minimum absolute atomic E-state index is 0.213. The average Bonchev–Trinajstić information content (AvgIpc) is 3.24. The minimum Gasteiger partial charge on any atom is -0.508 e. The molecule has 29 heavy (non-hydrogen) atoms. The molecule has 4 atom stereocenters. The van der Waals surface area contributed by atoms with Gasteiger partial charge in [-0.15, -0.1) is 0 Å². The molecule has 150 valence electrons. The summed E-state index contributed by atoms with van der Waals surface area (Å²) in [5, 5.41) is 43.8. The maximum absolute atomic E-state index is 10.4. The van der Waals surface area contributed by atoms with Gasteiger partial charge in [-0.3, -0.25) is 0 Å². The van der Waals surface area contributed by atoms with Crippen molar-refractivity contribution in [3.63, 3.8) is 0 Å². The number of aliphatic hydroxyl groups excluding tert-OH is 3. The van der Waals surface area contributed by atoms with Gasteiger partial charge in [0.05, 0.1) is 12.1 Å². The van der Waals surface area contributed by atoms with Crippen LogP contribution >= 0.6 is 0 Å². The lowest BCUT2D eigenvalue weighted by Gasteiger charge is -2.12. The number of hydrogen-bond acceptors (Lipinski definition) is 5. The third-order valence-electron chi connectivity index (χ3n) is 6.13. The van der Waals surface area contributed by atoms with Crippen molar-refractivity contribution in [3.05, 3.63) is 47.8 Å². The number of aromatic nitrogens is 2. The first-order chi connectivity index (χ1) is 13.9. The van der Waals surface area contributed by atoms with E-state index in [0.717, 1.165) is 43.7 Å². The van der Waals surface area contributed by atoms with E-state index in [9.17, 15) is 20.4 Å². The maximum Gasteiger partial charge on any atom is 0.292 e. The highest BCUT2D eigenvalue weighted by Gasteiger charge is 2.48. The summed E-state index contributed by atoms with van der Waals surface area (Å²) in [7, 11) is 0. The second-order valence-electron chi connectivity index (χ2n) is 7.80. The van der Waals surface area contributed by atoms with E-state index < -0.39 is 24.5 Å². The van der Waals surface area contributed by atoms with Crippen molar-refractivity contribution < 1.29 is 29.7 Å². The Labute approximate surface area is 166 Å². The molecule has 1 aliphatic rings. The van der Waals surface area contributed by atoms with Gasteiger partial charge in [0.25, 0.3) is 6.23 Å². The fourth-order valence-electron chi connectivity index (χ4n) is 4.54. The summed E-state index contributed by atoms with van der Waals surface area (Å²) in [5.74, 6) is 0.213. The second-order valence-corrected chi connectivity index (χ2v) is 7.80. The molecule has 1 aliphatic heterocycles. The largest absolute Gasteiger partial charge is 0.508 e. The van der Waals surface area contributed by atoms with Crippen LogP contribution < -0.4 is 4.57 Å². The Morgan fingerprint density at radius 1 is 1.03 bits per heavy atom. The third kappa shape index (κ3) is 2.55. The Morgan fingerprint density at radius 3 is 2.55 bits per heavy atom. The van der Waals surface area contributed by atoms with E-state index in [0.29, 0.717) is 0 Å². The number of phenolic OH excluding ortho intramolecular Hbond substituents is 1. The normalized spacial score (nSPS) is 24.9. The highest BCUT2D eigenvalue weighted by atomic mass is 16.6. The van der Waals surface area contributed by atoms with E-state index in [1.54, 1.807) is 16.7 Å². The molecule has 0 radical (unpaired) electrons. The fraction of sp³-hybridized carbons (Fsp3) is 0.318. The zero-order valence-electron chi connectivity index (χ0n) is 16.1. The van der Waals surface area contributed by atoms with Gasteiger partial charge in [0.15, 0.2) is 18.5 Å². The van der Waals surface area contributed by atoms with Gasteiger partial charge in [-0.05, 0) is 48.6 Å². The van der Waals surface area contributed by atoms with E-state index in [2.05, 4.69) is 11.9 Å². The third-order valence-corrected chi connectivity index (χ3v) is 6.13. The number of aryl methyl sites for hydroxylation is 2. The predicted molar refractivity (Wildman–Crippen MR) is 108 cm³/mol. The molecule has 1 fully saturated rings. The molecule has 0 aliphatic carbocycles. The lowest BCUT2D eigenvalue weighted by molar-refractivity contribution is -0.764. The molecule has 1 saturated heterocycles. The van der Waals surface area contributed by atoms with Crippen LogP contribution in [-0.2, 0) is 4.74 Å². The molecular formula is C22H23N2O5+. The second kappa shape index (κ2) is 6.40. The molecule has 2 aromatic carbocycles. The number of nitrogens with one attached hydrogen (secondary N) is 1. The van der Waals surface area contributed by atoms with Gasteiger partial charge in [0.2, 0.25) is 0 Å². The zero-order chi connectivity index (χ0) is 20.4. The van der Waals surface area contributed by atoms with Gasteiger partial charge in [-0.25, -0.2) is 0 Å². The Morgan fingerprint density at radius 2 is 1.83 bits per heavy atom. The molecule has 7 nitrogen and oxygen atoms in total. The van der Waals surface area contributed by atoms with Crippen molar-refractivity contribution in [3.8, 4) is 5.75 Å². The Bertz CT molecular complexity index is 1260. The Kier molecular flexibility index (Phi) is 4.04. The van der Waals surface area contributed by atoms with Gasteiger partial charge >= 0.3 is 0 Å². The van der Waals surface area contributed by atoms with Crippen LogP contribution in [0.1, 0.15) is 17.4 Å². The number of fused-ring (bicyclic) bond motifs is 4. The molecule has 5 N–H and O–H groups in total. The topological polar surface area (TPSA) is 110 Å². The number of pyridine rings is 1. The summed E-state index contributed by atoms with van der Waals surface area (Å²) in [5.41, 5.74) is 4.11. The lowest BCUT2D eigenvalue weighted by Crippen LogP contribution is -2.45.